The molecule has 0 aliphatic heterocycles. The van der Waals surface area contributed by atoms with E-state index in [1.807, 2.05) is 5.38 Å². The Morgan fingerprint density at radius 2 is 2.00 bits per heavy atom. The number of alkyl halides is 3. The molecule has 0 fully saturated rings. The molecule has 20 heavy (non-hydrogen) atoms. The second-order valence-electron chi connectivity index (χ2n) is 4.29. The lowest BCUT2D eigenvalue weighted by Crippen LogP contribution is -2.19. The smallest absolute Gasteiger partial charge is 0.307 e. The predicted octanol–water partition coefficient (Wildman–Crippen LogP) is 3.92. The van der Waals surface area contributed by atoms with E-state index in [2.05, 4.69) is 10.3 Å². The van der Waals surface area contributed by atoms with E-state index in [0.717, 1.165) is 17.8 Å². The molecule has 0 amide bonds. The number of thiazole rings is 1. The van der Waals surface area contributed by atoms with E-state index in [1.54, 1.807) is 14.0 Å². The van der Waals surface area contributed by atoms with Gasteiger partial charge >= 0.3 is 6.18 Å². The van der Waals surface area contributed by atoms with Gasteiger partial charge < -0.3 is 5.32 Å². The fourth-order valence-corrected chi connectivity index (χ4v) is 2.81. The van der Waals surface area contributed by atoms with E-state index in [1.165, 1.54) is 17.4 Å². The average Bonchev–Trinajstić information content (AvgIpc) is 2.77. The number of hydrogen-bond donors (Lipinski definition) is 1. The van der Waals surface area contributed by atoms with Gasteiger partial charge in [0, 0.05) is 11.1 Å². The zero-order valence-corrected chi connectivity index (χ0v) is 11.6. The molecule has 1 atom stereocenters. The largest absolute Gasteiger partial charge is 0.419 e. The van der Waals surface area contributed by atoms with Crippen molar-refractivity contribution in [3.05, 3.63) is 51.2 Å². The van der Waals surface area contributed by atoms with Crippen LogP contribution >= 0.6 is 11.3 Å². The molecule has 7 heteroatoms. The van der Waals surface area contributed by atoms with Crippen LogP contribution in [-0.4, -0.2) is 12.0 Å². The molecule has 0 aliphatic carbocycles. The topological polar surface area (TPSA) is 24.9 Å². The van der Waals surface area contributed by atoms with E-state index in [4.69, 9.17) is 0 Å². The molecule has 0 saturated heterocycles. The maximum atomic E-state index is 13.3. The molecule has 0 radical (unpaired) electrons. The highest BCUT2D eigenvalue weighted by atomic mass is 32.1. The number of nitrogens with one attached hydrogen (secondary N) is 1. The van der Waals surface area contributed by atoms with Gasteiger partial charge in [0.15, 0.2) is 0 Å². The number of benzene rings is 1. The summed E-state index contributed by atoms with van der Waals surface area (Å²) in [6, 6.07) is 2.51. The van der Waals surface area contributed by atoms with Gasteiger partial charge in [-0.05, 0) is 31.7 Å². The Morgan fingerprint density at radius 1 is 1.30 bits per heavy atom. The van der Waals surface area contributed by atoms with Crippen LogP contribution in [-0.2, 0) is 6.18 Å². The number of aryl methyl sites for hydroxylation is 1. The molecule has 1 aromatic carbocycles. The molecule has 0 spiro atoms. The van der Waals surface area contributed by atoms with Gasteiger partial charge in [0.25, 0.3) is 0 Å². The number of aromatic nitrogens is 1. The predicted molar refractivity (Wildman–Crippen MR) is 69.2 cm³/mol. The highest BCUT2D eigenvalue weighted by molar-refractivity contribution is 7.09. The Labute approximate surface area is 117 Å². The van der Waals surface area contributed by atoms with Crippen LogP contribution in [0.15, 0.2) is 23.6 Å². The molecule has 1 unspecified atom stereocenters. The van der Waals surface area contributed by atoms with Crippen molar-refractivity contribution in [2.24, 2.45) is 0 Å². The SMILES string of the molecule is CNC(c1ccc(F)c(C(F)(F)F)c1)c1nc(C)cs1. The maximum Gasteiger partial charge on any atom is 0.419 e. The fourth-order valence-electron chi connectivity index (χ4n) is 1.88. The van der Waals surface area contributed by atoms with Crippen LogP contribution in [0, 0.1) is 12.7 Å². The summed E-state index contributed by atoms with van der Waals surface area (Å²) in [6.07, 6.45) is -4.71. The van der Waals surface area contributed by atoms with Crippen LogP contribution in [0.4, 0.5) is 17.6 Å². The molecule has 108 valence electrons. The quantitative estimate of drug-likeness (QED) is 0.869. The van der Waals surface area contributed by atoms with Crippen molar-refractivity contribution < 1.29 is 17.6 Å². The van der Waals surface area contributed by atoms with Crippen LogP contribution < -0.4 is 5.32 Å². The van der Waals surface area contributed by atoms with Crippen molar-refractivity contribution in [3.8, 4) is 0 Å². The summed E-state index contributed by atoms with van der Waals surface area (Å²) in [6.45, 7) is 1.80. The molecule has 0 saturated carbocycles. The summed E-state index contributed by atoms with van der Waals surface area (Å²) in [5.74, 6) is -1.27. The summed E-state index contributed by atoms with van der Waals surface area (Å²) in [7, 11) is 1.62. The van der Waals surface area contributed by atoms with Gasteiger partial charge in [-0.25, -0.2) is 9.37 Å². The van der Waals surface area contributed by atoms with Crippen molar-refractivity contribution in [2.75, 3.05) is 7.05 Å². The Morgan fingerprint density at radius 3 is 2.50 bits per heavy atom. The minimum Gasteiger partial charge on any atom is -0.307 e. The second-order valence-corrected chi connectivity index (χ2v) is 5.18. The summed E-state index contributed by atoms with van der Waals surface area (Å²) in [5.41, 5.74) is -0.137. The highest BCUT2D eigenvalue weighted by Gasteiger charge is 2.35. The molecule has 2 nitrogen and oxygen atoms in total. The summed E-state index contributed by atoms with van der Waals surface area (Å²) >= 11 is 1.35. The summed E-state index contributed by atoms with van der Waals surface area (Å²) in [5, 5.41) is 5.36. The third-order valence-corrected chi connectivity index (χ3v) is 3.83. The standard InChI is InChI=1S/C13H12F4N2S/c1-7-6-20-12(19-7)11(18-2)8-3-4-10(14)9(5-8)13(15,16)17/h3-6,11,18H,1-2H3. The van der Waals surface area contributed by atoms with Gasteiger partial charge in [0.2, 0.25) is 0 Å². The Kier molecular flexibility index (Phi) is 4.10. The van der Waals surface area contributed by atoms with E-state index in [-0.39, 0.29) is 0 Å². The van der Waals surface area contributed by atoms with Crippen molar-refractivity contribution in [2.45, 2.75) is 19.1 Å². The van der Waals surface area contributed by atoms with E-state index < -0.39 is 23.6 Å². The maximum absolute atomic E-state index is 13.3. The van der Waals surface area contributed by atoms with Crippen molar-refractivity contribution in [1.29, 1.82) is 0 Å². The zero-order chi connectivity index (χ0) is 14.9. The first-order valence-electron chi connectivity index (χ1n) is 5.79. The molecule has 0 bridgehead atoms. The van der Waals surface area contributed by atoms with Crippen LogP contribution in [0.5, 0.6) is 0 Å². The molecule has 2 aromatic rings. The van der Waals surface area contributed by atoms with Crippen LogP contribution in [0.1, 0.15) is 27.9 Å². The van der Waals surface area contributed by atoms with E-state index in [0.29, 0.717) is 10.6 Å². The minimum absolute atomic E-state index is 0.329. The zero-order valence-electron chi connectivity index (χ0n) is 10.8. The Hall–Kier alpha value is -1.47. The Bertz CT molecular complexity index is 607. The summed E-state index contributed by atoms with van der Waals surface area (Å²) < 4.78 is 51.5. The van der Waals surface area contributed by atoms with E-state index in [9.17, 15) is 17.6 Å². The van der Waals surface area contributed by atoms with E-state index >= 15 is 0 Å². The van der Waals surface area contributed by atoms with Gasteiger partial charge in [-0.2, -0.15) is 13.2 Å². The molecule has 2 rings (SSSR count). The highest BCUT2D eigenvalue weighted by Crippen LogP contribution is 2.34. The van der Waals surface area contributed by atoms with Gasteiger partial charge in [-0.15, -0.1) is 11.3 Å². The number of halogens is 4. The molecule has 1 heterocycles. The average molecular weight is 304 g/mol. The van der Waals surface area contributed by atoms with Crippen LogP contribution in [0.3, 0.4) is 0 Å². The molecular formula is C13H12F4N2S. The third-order valence-electron chi connectivity index (χ3n) is 2.80. The third kappa shape index (κ3) is 2.99. The minimum atomic E-state index is -4.71. The van der Waals surface area contributed by atoms with Crippen molar-refractivity contribution in [1.82, 2.24) is 10.3 Å². The van der Waals surface area contributed by atoms with Crippen LogP contribution in [0.2, 0.25) is 0 Å². The molecule has 1 N–H and O–H groups in total. The van der Waals surface area contributed by atoms with Crippen LogP contribution in [0.25, 0.3) is 0 Å². The van der Waals surface area contributed by atoms with Gasteiger partial charge in [-0.3, -0.25) is 0 Å². The van der Waals surface area contributed by atoms with Crippen molar-refractivity contribution in [3.63, 3.8) is 0 Å². The van der Waals surface area contributed by atoms with Crippen molar-refractivity contribution >= 4 is 11.3 Å². The van der Waals surface area contributed by atoms with Gasteiger partial charge in [0.05, 0.1) is 11.6 Å². The first-order chi connectivity index (χ1) is 9.32. The number of hydrogen-bond acceptors (Lipinski definition) is 3. The van der Waals surface area contributed by atoms with Gasteiger partial charge in [0.1, 0.15) is 10.8 Å². The van der Waals surface area contributed by atoms with Gasteiger partial charge in [-0.1, -0.05) is 6.07 Å². The molecule has 0 aliphatic rings. The number of rotatable bonds is 3. The molecule has 1 aromatic heterocycles. The Balaban J connectivity index is 2.46. The lowest BCUT2D eigenvalue weighted by molar-refractivity contribution is -0.140. The number of nitrogens with zero attached hydrogens (tertiary/aromatic N) is 1. The first-order valence-corrected chi connectivity index (χ1v) is 6.67. The normalized spacial score (nSPS) is 13.5. The summed E-state index contributed by atoms with van der Waals surface area (Å²) in [4.78, 5) is 4.25. The lowest BCUT2D eigenvalue weighted by atomic mass is 10.0. The molecular weight excluding hydrogens is 292 g/mol. The first kappa shape index (κ1) is 14.9. The fraction of sp³-hybridized carbons (Fsp3) is 0.308. The monoisotopic (exact) mass is 304 g/mol. The second kappa shape index (κ2) is 5.49. The lowest BCUT2D eigenvalue weighted by Gasteiger charge is -2.16.